The summed E-state index contributed by atoms with van der Waals surface area (Å²) < 4.78 is 0. The molecule has 25 heavy (non-hydrogen) atoms. The molecule has 136 valence electrons. The van der Waals surface area contributed by atoms with Gasteiger partial charge in [-0.3, -0.25) is 19.7 Å². The van der Waals surface area contributed by atoms with Crippen molar-refractivity contribution in [2.24, 2.45) is 5.92 Å². The molecule has 1 heterocycles. The van der Waals surface area contributed by atoms with Crippen LogP contribution in [-0.4, -0.2) is 54.4 Å². The number of nitro groups is 1. The van der Waals surface area contributed by atoms with Gasteiger partial charge in [-0.1, -0.05) is 6.07 Å². The zero-order valence-electron chi connectivity index (χ0n) is 14.5. The SMILES string of the molecule is CNCC1CCCN(C(=O)C(C)NC(=O)c2cccc([N+](=O)[O-])c2)C1. The third kappa shape index (κ3) is 4.99. The van der Waals surface area contributed by atoms with Crippen LogP contribution in [-0.2, 0) is 4.79 Å². The van der Waals surface area contributed by atoms with E-state index in [0.717, 1.165) is 19.4 Å². The molecule has 8 nitrogen and oxygen atoms in total. The lowest BCUT2D eigenvalue weighted by Gasteiger charge is -2.34. The van der Waals surface area contributed by atoms with E-state index in [1.54, 1.807) is 11.8 Å². The number of piperidine rings is 1. The van der Waals surface area contributed by atoms with Crippen molar-refractivity contribution in [2.75, 3.05) is 26.7 Å². The fraction of sp³-hybridized carbons (Fsp3) is 0.529. The molecule has 0 saturated carbocycles. The van der Waals surface area contributed by atoms with Crippen LogP contribution >= 0.6 is 0 Å². The van der Waals surface area contributed by atoms with E-state index in [-0.39, 0.29) is 17.2 Å². The number of carbonyl (C=O) groups excluding carboxylic acids is 2. The predicted octanol–water partition coefficient (Wildman–Crippen LogP) is 1.17. The largest absolute Gasteiger partial charge is 0.341 e. The molecule has 1 fully saturated rings. The second kappa shape index (κ2) is 8.57. The predicted molar refractivity (Wildman–Crippen MR) is 93.3 cm³/mol. The first-order valence-corrected chi connectivity index (χ1v) is 8.41. The van der Waals surface area contributed by atoms with E-state index in [0.29, 0.717) is 19.0 Å². The molecule has 1 aliphatic heterocycles. The van der Waals surface area contributed by atoms with Gasteiger partial charge in [0.05, 0.1) is 4.92 Å². The number of benzene rings is 1. The first kappa shape index (κ1) is 18.9. The minimum Gasteiger partial charge on any atom is -0.341 e. The molecular weight excluding hydrogens is 324 g/mol. The van der Waals surface area contributed by atoms with Crippen molar-refractivity contribution in [3.05, 3.63) is 39.9 Å². The van der Waals surface area contributed by atoms with Crippen molar-refractivity contribution >= 4 is 17.5 Å². The van der Waals surface area contributed by atoms with Gasteiger partial charge in [-0.25, -0.2) is 0 Å². The number of rotatable bonds is 6. The minimum absolute atomic E-state index is 0.125. The van der Waals surface area contributed by atoms with Crippen LogP contribution in [0.5, 0.6) is 0 Å². The van der Waals surface area contributed by atoms with Crippen LogP contribution in [0.25, 0.3) is 0 Å². The lowest BCUT2D eigenvalue weighted by molar-refractivity contribution is -0.384. The molecule has 2 unspecified atom stereocenters. The van der Waals surface area contributed by atoms with E-state index >= 15 is 0 Å². The molecule has 1 aromatic rings. The average Bonchev–Trinajstić information content (AvgIpc) is 2.61. The maximum absolute atomic E-state index is 12.6. The van der Waals surface area contributed by atoms with Crippen LogP contribution in [0.2, 0.25) is 0 Å². The molecule has 1 saturated heterocycles. The Morgan fingerprint density at radius 2 is 2.20 bits per heavy atom. The van der Waals surface area contributed by atoms with Gasteiger partial charge in [-0.15, -0.1) is 0 Å². The Morgan fingerprint density at radius 1 is 1.44 bits per heavy atom. The fourth-order valence-electron chi connectivity index (χ4n) is 3.10. The van der Waals surface area contributed by atoms with Crippen LogP contribution in [0.4, 0.5) is 5.69 Å². The monoisotopic (exact) mass is 348 g/mol. The smallest absolute Gasteiger partial charge is 0.270 e. The van der Waals surface area contributed by atoms with Gasteiger partial charge in [0, 0.05) is 30.8 Å². The Bertz CT molecular complexity index is 647. The first-order chi connectivity index (χ1) is 11.9. The molecule has 1 aromatic carbocycles. The highest BCUT2D eigenvalue weighted by Gasteiger charge is 2.27. The van der Waals surface area contributed by atoms with Crippen molar-refractivity contribution < 1.29 is 14.5 Å². The average molecular weight is 348 g/mol. The maximum Gasteiger partial charge on any atom is 0.270 e. The van der Waals surface area contributed by atoms with E-state index < -0.39 is 16.9 Å². The molecule has 0 radical (unpaired) electrons. The summed E-state index contributed by atoms with van der Waals surface area (Å²) in [6, 6.07) is 4.79. The van der Waals surface area contributed by atoms with E-state index in [1.807, 2.05) is 7.05 Å². The van der Waals surface area contributed by atoms with Crippen molar-refractivity contribution in [1.82, 2.24) is 15.5 Å². The number of amides is 2. The molecule has 2 atom stereocenters. The Kier molecular flexibility index (Phi) is 6.46. The van der Waals surface area contributed by atoms with Gasteiger partial charge in [0.25, 0.3) is 11.6 Å². The van der Waals surface area contributed by atoms with Crippen molar-refractivity contribution in [3.8, 4) is 0 Å². The highest BCUT2D eigenvalue weighted by molar-refractivity contribution is 5.97. The van der Waals surface area contributed by atoms with Gasteiger partial charge in [0.15, 0.2) is 0 Å². The van der Waals surface area contributed by atoms with Crippen molar-refractivity contribution in [2.45, 2.75) is 25.8 Å². The third-order valence-electron chi connectivity index (χ3n) is 4.36. The van der Waals surface area contributed by atoms with Gasteiger partial charge in [0.2, 0.25) is 5.91 Å². The number of non-ortho nitro benzene ring substituents is 1. The van der Waals surface area contributed by atoms with Gasteiger partial charge in [-0.2, -0.15) is 0 Å². The Hall–Kier alpha value is -2.48. The molecule has 2 N–H and O–H groups in total. The molecule has 0 aromatic heterocycles. The molecule has 0 spiro atoms. The molecule has 8 heteroatoms. The fourth-order valence-corrected chi connectivity index (χ4v) is 3.10. The Morgan fingerprint density at radius 3 is 2.88 bits per heavy atom. The summed E-state index contributed by atoms with van der Waals surface area (Å²) in [6.07, 6.45) is 2.03. The van der Waals surface area contributed by atoms with Crippen molar-refractivity contribution in [3.63, 3.8) is 0 Å². The Labute approximate surface area is 146 Å². The van der Waals surface area contributed by atoms with Crippen LogP contribution < -0.4 is 10.6 Å². The van der Waals surface area contributed by atoms with E-state index in [4.69, 9.17) is 0 Å². The number of hydrogen-bond donors (Lipinski definition) is 2. The summed E-state index contributed by atoms with van der Waals surface area (Å²) >= 11 is 0. The number of nitrogens with one attached hydrogen (secondary N) is 2. The van der Waals surface area contributed by atoms with E-state index in [1.165, 1.54) is 24.3 Å². The van der Waals surface area contributed by atoms with E-state index in [9.17, 15) is 19.7 Å². The van der Waals surface area contributed by atoms with Crippen molar-refractivity contribution in [1.29, 1.82) is 0 Å². The second-order valence-electron chi connectivity index (χ2n) is 6.35. The van der Waals surface area contributed by atoms with E-state index in [2.05, 4.69) is 10.6 Å². The minimum atomic E-state index is -0.680. The number of carbonyl (C=O) groups is 2. The topological polar surface area (TPSA) is 105 Å². The molecular formula is C17H24N4O4. The summed E-state index contributed by atoms with van der Waals surface area (Å²) in [4.78, 5) is 36.9. The standard InChI is InChI=1S/C17H24N4O4/c1-12(17(23)20-8-4-5-13(11-20)10-18-2)19-16(22)14-6-3-7-15(9-14)21(24)25/h3,6-7,9,12-13,18H,4-5,8,10-11H2,1-2H3,(H,19,22). The number of nitrogens with zero attached hydrogens (tertiary/aromatic N) is 2. The highest BCUT2D eigenvalue weighted by atomic mass is 16.6. The molecule has 2 rings (SSSR count). The maximum atomic E-state index is 12.6. The molecule has 1 aliphatic rings. The van der Waals surface area contributed by atoms with Gasteiger partial charge < -0.3 is 15.5 Å². The number of likely N-dealkylation sites (tertiary alicyclic amines) is 1. The normalized spacial score (nSPS) is 18.5. The van der Waals surface area contributed by atoms with Crippen LogP contribution in [0.3, 0.4) is 0 Å². The van der Waals surface area contributed by atoms with Gasteiger partial charge >= 0.3 is 0 Å². The van der Waals surface area contributed by atoms with Crippen LogP contribution in [0, 0.1) is 16.0 Å². The Balaban J connectivity index is 1.97. The molecule has 0 aliphatic carbocycles. The van der Waals surface area contributed by atoms with Gasteiger partial charge in [0.1, 0.15) is 6.04 Å². The number of hydrogen-bond acceptors (Lipinski definition) is 5. The molecule has 2 amide bonds. The first-order valence-electron chi connectivity index (χ1n) is 8.41. The molecule has 0 bridgehead atoms. The summed E-state index contributed by atoms with van der Waals surface area (Å²) in [5, 5.41) is 16.6. The quantitative estimate of drug-likeness (QED) is 0.593. The van der Waals surface area contributed by atoms with Crippen LogP contribution in [0.1, 0.15) is 30.1 Å². The highest BCUT2D eigenvalue weighted by Crippen LogP contribution is 2.17. The van der Waals surface area contributed by atoms with Gasteiger partial charge in [-0.05, 0) is 45.3 Å². The lowest BCUT2D eigenvalue weighted by atomic mass is 9.97. The zero-order valence-corrected chi connectivity index (χ0v) is 14.5. The van der Waals surface area contributed by atoms with Crippen LogP contribution in [0.15, 0.2) is 24.3 Å². The summed E-state index contributed by atoms with van der Waals surface area (Å²) in [7, 11) is 1.89. The number of nitro benzene ring substituents is 1. The third-order valence-corrected chi connectivity index (χ3v) is 4.36. The summed E-state index contributed by atoms with van der Waals surface area (Å²) in [5.41, 5.74) is 0.0121. The lowest BCUT2D eigenvalue weighted by Crippen LogP contribution is -2.50. The summed E-state index contributed by atoms with van der Waals surface area (Å²) in [5.74, 6) is -0.199. The summed E-state index contributed by atoms with van der Waals surface area (Å²) in [6.45, 7) is 3.87. The zero-order chi connectivity index (χ0) is 18.4. The second-order valence-corrected chi connectivity index (χ2v) is 6.35.